The monoisotopic (exact) mass is 488 g/mol. The fraction of sp³-hybridized carbons (Fsp3) is 0.323. The standard InChI is InChI=1S/C31H33BN4O/c32-27-9-11-28(12-10-27)36-18-16-34(17-19-36)21-25-20-26-22-35(15-13-24-6-3-1-2-4-7-24)23-37-31(26)30-29(25)8-5-14-33-30/h1-6,8-12,14,20H,7,13,15-19,21-23H2. The number of benzene rings is 2. The summed E-state index contributed by atoms with van der Waals surface area (Å²) < 4.78 is 6.32. The third-order valence-electron chi connectivity index (χ3n) is 7.64. The van der Waals surface area contributed by atoms with Crippen molar-refractivity contribution in [3.8, 4) is 5.75 Å². The number of nitrogens with zero attached hydrogens (tertiary/aromatic N) is 4. The van der Waals surface area contributed by atoms with E-state index in [4.69, 9.17) is 17.6 Å². The number of hydrogen-bond acceptors (Lipinski definition) is 5. The maximum absolute atomic E-state index is 6.32. The van der Waals surface area contributed by atoms with Crippen LogP contribution in [0.2, 0.25) is 0 Å². The van der Waals surface area contributed by atoms with Crippen LogP contribution in [-0.2, 0) is 13.1 Å². The van der Waals surface area contributed by atoms with Gasteiger partial charge in [-0.05, 0) is 42.7 Å². The van der Waals surface area contributed by atoms with Gasteiger partial charge in [-0.15, -0.1) is 0 Å². The van der Waals surface area contributed by atoms with Crippen LogP contribution in [0.5, 0.6) is 5.75 Å². The highest BCUT2D eigenvalue weighted by atomic mass is 16.5. The van der Waals surface area contributed by atoms with Gasteiger partial charge < -0.3 is 9.64 Å². The van der Waals surface area contributed by atoms with Gasteiger partial charge in [0.25, 0.3) is 0 Å². The normalized spacial score (nSPS) is 18.4. The average Bonchev–Trinajstić information content (AvgIpc) is 3.22. The van der Waals surface area contributed by atoms with E-state index < -0.39 is 0 Å². The molecule has 0 atom stereocenters. The summed E-state index contributed by atoms with van der Waals surface area (Å²) in [5.41, 5.74) is 7.12. The van der Waals surface area contributed by atoms with Crippen LogP contribution >= 0.6 is 0 Å². The molecule has 1 fully saturated rings. The molecule has 37 heavy (non-hydrogen) atoms. The lowest BCUT2D eigenvalue weighted by molar-refractivity contribution is 0.0978. The van der Waals surface area contributed by atoms with Gasteiger partial charge in [-0.2, -0.15) is 0 Å². The van der Waals surface area contributed by atoms with Crippen LogP contribution in [0.3, 0.4) is 0 Å². The van der Waals surface area contributed by atoms with E-state index in [0.717, 1.165) is 75.4 Å². The first kappa shape index (κ1) is 24.0. The molecule has 0 spiro atoms. The van der Waals surface area contributed by atoms with Gasteiger partial charge in [-0.1, -0.05) is 59.6 Å². The molecule has 2 radical (unpaired) electrons. The van der Waals surface area contributed by atoms with Gasteiger partial charge >= 0.3 is 0 Å². The van der Waals surface area contributed by atoms with Gasteiger partial charge in [0, 0.05) is 68.6 Å². The Balaban J connectivity index is 1.15. The Morgan fingerprint density at radius 2 is 1.81 bits per heavy atom. The number of anilines is 1. The molecule has 0 amide bonds. The van der Waals surface area contributed by atoms with Crippen LogP contribution in [-0.4, -0.2) is 62.1 Å². The van der Waals surface area contributed by atoms with Crippen molar-refractivity contribution in [1.82, 2.24) is 14.8 Å². The molecule has 3 aromatic rings. The van der Waals surface area contributed by atoms with E-state index in [9.17, 15) is 0 Å². The van der Waals surface area contributed by atoms with Gasteiger partial charge in [-0.25, -0.2) is 0 Å². The van der Waals surface area contributed by atoms with Gasteiger partial charge in [0.15, 0.2) is 5.75 Å². The first-order chi connectivity index (χ1) is 18.2. The topological polar surface area (TPSA) is 31.8 Å². The second-order valence-electron chi connectivity index (χ2n) is 10.2. The fourth-order valence-corrected chi connectivity index (χ4v) is 5.55. The number of pyridine rings is 1. The second-order valence-corrected chi connectivity index (χ2v) is 10.2. The highest BCUT2D eigenvalue weighted by Crippen LogP contribution is 2.35. The predicted molar refractivity (Wildman–Crippen MR) is 153 cm³/mol. The number of rotatable bonds is 6. The number of allylic oxidation sites excluding steroid dienone is 5. The van der Waals surface area contributed by atoms with Crippen LogP contribution in [0.1, 0.15) is 24.0 Å². The molecular weight excluding hydrogens is 455 g/mol. The molecule has 1 aliphatic carbocycles. The molecule has 2 aliphatic heterocycles. The van der Waals surface area contributed by atoms with E-state index in [1.807, 2.05) is 24.4 Å². The number of hydrogen-bond donors (Lipinski definition) is 0. The zero-order valence-corrected chi connectivity index (χ0v) is 21.4. The molecule has 1 aromatic heterocycles. The van der Waals surface area contributed by atoms with Gasteiger partial charge in [0.05, 0.1) is 0 Å². The van der Waals surface area contributed by atoms with E-state index >= 15 is 0 Å². The molecule has 0 N–H and O–H groups in total. The summed E-state index contributed by atoms with van der Waals surface area (Å²) >= 11 is 0. The Hall–Kier alpha value is -3.35. The van der Waals surface area contributed by atoms with E-state index in [0.29, 0.717) is 6.73 Å². The Kier molecular flexibility index (Phi) is 7.11. The van der Waals surface area contributed by atoms with Crippen molar-refractivity contribution in [1.29, 1.82) is 0 Å². The molecule has 6 heteroatoms. The molecular formula is C31H33BN4O. The summed E-state index contributed by atoms with van der Waals surface area (Å²) in [7, 11) is 5.87. The lowest BCUT2D eigenvalue weighted by Crippen LogP contribution is -2.46. The maximum atomic E-state index is 6.32. The summed E-state index contributed by atoms with van der Waals surface area (Å²) in [4.78, 5) is 12.2. The van der Waals surface area contributed by atoms with Crippen LogP contribution in [0.15, 0.2) is 84.6 Å². The third kappa shape index (κ3) is 5.51. The molecule has 2 aromatic carbocycles. The largest absolute Gasteiger partial charge is 0.475 e. The SMILES string of the molecule is [B]c1ccc(N2CCN(Cc3cc4c(c5ncccc35)OCN(CCC3=CC=CC=CC3)C4)CC2)cc1. The lowest BCUT2D eigenvalue weighted by Gasteiger charge is -2.36. The van der Waals surface area contributed by atoms with Crippen molar-refractivity contribution in [2.24, 2.45) is 0 Å². The summed E-state index contributed by atoms with van der Waals surface area (Å²) in [6.45, 7) is 7.53. The van der Waals surface area contributed by atoms with E-state index in [1.165, 1.54) is 27.8 Å². The maximum Gasteiger partial charge on any atom is 0.152 e. The Bertz CT molecular complexity index is 1340. The average molecular weight is 488 g/mol. The van der Waals surface area contributed by atoms with Gasteiger partial charge in [0.1, 0.15) is 20.1 Å². The van der Waals surface area contributed by atoms with Crippen LogP contribution < -0.4 is 15.1 Å². The molecule has 1 saturated heterocycles. The second kappa shape index (κ2) is 11.0. The minimum absolute atomic E-state index is 0.615. The Labute approximate surface area is 221 Å². The number of aromatic nitrogens is 1. The minimum Gasteiger partial charge on any atom is -0.475 e. The first-order valence-corrected chi connectivity index (χ1v) is 13.3. The molecule has 186 valence electrons. The fourth-order valence-electron chi connectivity index (χ4n) is 5.55. The van der Waals surface area contributed by atoms with E-state index in [-0.39, 0.29) is 0 Å². The zero-order chi connectivity index (χ0) is 25.0. The Morgan fingerprint density at radius 3 is 2.68 bits per heavy atom. The van der Waals surface area contributed by atoms with Crippen molar-refractivity contribution in [2.45, 2.75) is 25.9 Å². The van der Waals surface area contributed by atoms with Crippen molar-refractivity contribution in [2.75, 3.05) is 44.4 Å². The molecule has 3 aliphatic rings. The van der Waals surface area contributed by atoms with Crippen molar-refractivity contribution < 1.29 is 4.74 Å². The van der Waals surface area contributed by atoms with Crippen molar-refractivity contribution in [3.05, 3.63) is 95.7 Å². The third-order valence-corrected chi connectivity index (χ3v) is 7.64. The molecule has 5 nitrogen and oxygen atoms in total. The summed E-state index contributed by atoms with van der Waals surface area (Å²) in [6.07, 6.45) is 14.8. The minimum atomic E-state index is 0.615. The smallest absolute Gasteiger partial charge is 0.152 e. The molecule has 0 unspecified atom stereocenters. The van der Waals surface area contributed by atoms with Gasteiger partial charge in [-0.3, -0.25) is 14.8 Å². The van der Waals surface area contributed by atoms with Crippen LogP contribution in [0, 0.1) is 0 Å². The highest BCUT2D eigenvalue weighted by Gasteiger charge is 2.24. The Morgan fingerprint density at radius 1 is 0.946 bits per heavy atom. The zero-order valence-electron chi connectivity index (χ0n) is 21.4. The lowest BCUT2D eigenvalue weighted by atomic mass is 9.96. The number of piperazine rings is 1. The predicted octanol–water partition coefficient (Wildman–Crippen LogP) is 4.34. The number of ether oxygens (including phenoxy) is 1. The molecule has 0 bridgehead atoms. The molecule has 0 saturated carbocycles. The van der Waals surface area contributed by atoms with E-state index in [2.05, 4.69) is 69.3 Å². The van der Waals surface area contributed by atoms with Gasteiger partial charge in [0.2, 0.25) is 0 Å². The van der Waals surface area contributed by atoms with Crippen LogP contribution in [0.25, 0.3) is 10.9 Å². The van der Waals surface area contributed by atoms with Crippen LogP contribution in [0.4, 0.5) is 5.69 Å². The van der Waals surface area contributed by atoms with Crippen molar-refractivity contribution in [3.63, 3.8) is 0 Å². The number of fused-ring (bicyclic) bond motifs is 3. The van der Waals surface area contributed by atoms with Crippen molar-refractivity contribution >= 4 is 29.9 Å². The molecule has 6 rings (SSSR count). The summed E-state index contributed by atoms with van der Waals surface area (Å²) in [5.74, 6) is 0.961. The summed E-state index contributed by atoms with van der Waals surface area (Å²) in [5, 5.41) is 1.21. The molecule has 3 heterocycles. The quantitative estimate of drug-likeness (QED) is 0.483. The van der Waals surface area contributed by atoms with E-state index in [1.54, 1.807) is 0 Å². The first-order valence-electron chi connectivity index (χ1n) is 13.3. The summed E-state index contributed by atoms with van der Waals surface area (Å²) in [6, 6.07) is 14.8. The highest BCUT2D eigenvalue weighted by molar-refractivity contribution is 6.32.